The van der Waals surface area contributed by atoms with Crippen LogP contribution in [0.15, 0.2) is 12.2 Å². The second kappa shape index (κ2) is 18.2. The van der Waals surface area contributed by atoms with Gasteiger partial charge in [-0.1, -0.05) is 57.6 Å². The molecule has 0 aromatic heterocycles. The summed E-state index contributed by atoms with van der Waals surface area (Å²) in [4.78, 5) is 11.3. The van der Waals surface area contributed by atoms with Gasteiger partial charge >= 0.3 is 5.97 Å². The number of allylic oxidation sites excluding steroid dienone is 2. The first-order valence-electron chi connectivity index (χ1n) is 9.10. The van der Waals surface area contributed by atoms with E-state index in [0.717, 1.165) is 12.8 Å². The van der Waals surface area contributed by atoms with Gasteiger partial charge in [-0.15, -0.1) is 0 Å². The molecule has 0 rings (SSSR count). The number of methoxy groups -OCH3 is 1. The van der Waals surface area contributed by atoms with Crippen LogP contribution in [0, 0.1) is 0 Å². The van der Waals surface area contributed by atoms with E-state index in [0.29, 0.717) is 19.6 Å². The summed E-state index contributed by atoms with van der Waals surface area (Å²) in [5.74, 6) is -0.0944. The van der Waals surface area contributed by atoms with Gasteiger partial charge in [0.05, 0.1) is 6.61 Å². The molecule has 0 bridgehead atoms. The van der Waals surface area contributed by atoms with Crippen LogP contribution < -0.4 is 0 Å². The van der Waals surface area contributed by atoms with E-state index in [1.807, 2.05) is 0 Å². The summed E-state index contributed by atoms with van der Waals surface area (Å²) in [6, 6.07) is 0. The highest BCUT2D eigenvalue weighted by Gasteiger charge is 2.01. The van der Waals surface area contributed by atoms with Gasteiger partial charge in [-0.3, -0.25) is 4.79 Å². The SMILES string of the molecule is CCCCCC/C=C/CCCCCCCC(=O)OCCOC. The van der Waals surface area contributed by atoms with Gasteiger partial charge in [0.2, 0.25) is 0 Å². The lowest BCUT2D eigenvalue weighted by molar-refractivity contribution is -0.145. The number of carbonyl (C=O) groups is 1. The van der Waals surface area contributed by atoms with Crippen LogP contribution in [0.3, 0.4) is 0 Å². The van der Waals surface area contributed by atoms with Gasteiger partial charge in [-0.25, -0.2) is 0 Å². The maximum absolute atomic E-state index is 11.3. The minimum atomic E-state index is -0.0944. The molecular formula is C19H36O3. The summed E-state index contributed by atoms with van der Waals surface area (Å²) < 4.78 is 9.85. The van der Waals surface area contributed by atoms with Crippen molar-refractivity contribution in [3.8, 4) is 0 Å². The fourth-order valence-corrected chi connectivity index (χ4v) is 2.30. The normalized spacial score (nSPS) is 11.2. The van der Waals surface area contributed by atoms with Crippen LogP contribution in [0.25, 0.3) is 0 Å². The molecule has 0 fully saturated rings. The molecule has 0 saturated heterocycles. The van der Waals surface area contributed by atoms with Crippen molar-refractivity contribution in [3.05, 3.63) is 12.2 Å². The topological polar surface area (TPSA) is 35.5 Å². The van der Waals surface area contributed by atoms with Crippen LogP contribution in [0.2, 0.25) is 0 Å². The molecule has 0 aliphatic heterocycles. The number of carbonyl (C=O) groups excluding carboxylic acids is 1. The zero-order chi connectivity index (χ0) is 16.3. The summed E-state index contributed by atoms with van der Waals surface area (Å²) in [5.41, 5.74) is 0. The van der Waals surface area contributed by atoms with Crippen molar-refractivity contribution in [3.63, 3.8) is 0 Å². The Bertz CT molecular complexity index is 261. The molecular weight excluding hydrogens is 276 g/mol. The summed E-state index contributed by atoms with van der Waals surface area (Å²) in [5, 5.41) is 0. The van der Waals surface area contributed by atoms with Gasteiger partial charge in [0.15, 0.2) is 0 Å². The molecule has 0 unspecified atom stereocenters. The molecule has 0 spiro atoms. The number of rotatable bonds is 16. The second-order valence-corrected chi connectivity index (χ2v) is 5.84. The number of hydrogen-bond donors (Lipinski definition) is 0. The fourth-order valence-electron chi connectivity index (χ4n) is 2.30. The third-order valence-corrected chi connectivity index (χ3v) is 3.69. The zero-order valence-corrected chi connectivity index (χ0v) is 14.8. The van der Waals surface area contributed by atoms with Crippen molar-refractivity contribution in [1.29, 1.82) is 0 Å². The molecule has 3 heteroatoms. The van der Waals surface area contributed by atoms with Crippen LogP contribution in [-0.4, -0.2) is 26.3 Å². The third kappa shape index (κ3) is 17.2. The lowest BCUT2D eigenvalue weighted by atomic mass is 10.1. The van der Waals surface area contributed by atoms with Crippen LogP contribution in [0.5, 0.6) is 0 Å². The van der Waals surface area contributed by atoms with E-state index in [-0.39, 0.29) is 5.97 Å². The molecule has 22 heavy (non-hydrogen) atoms. The van der Waals surface area contributed by atoms with E-state index in [4.69, 9.17) is 9.47 Å². The smallest absolute Gasteiger partial charge is 0.305 e. The average molecular weight is 312 g/mol. The minimum Gasteiger partial charge on any atom is -0.463 e. The van der Waals surface area contributed by atoms with Gasteiger partial charge in [-0.05, 0) is 32.1 Å². The van der Waals surface area contributed by atoms with Gasteiger partial charge in [0.25, 0.3) is 0 Å². The summed E-state index contributed by atoms with van der Waals surface area (Å²) >= 11 is 0. The van der Waals surface area contributed by atoms with E-state index in [2.05, 4.69) is 19.1 Å². The summed E-state index contributed by atoms with van der Waals surface area (Å²) in [7, 11) is 1.61. The minimum absolute atomic E-state index is 0.0944. The lowest BCUT2D eigenvalue weighted by Crippen LogP contribution is -2.09. The number of unbranched alkanes of at least 4 members (excludes halogenated alkanes) is 9. The molecule has 0 atom stereocenters. The number of ether oxygens (including phenoxy) is 2. The van der Waals surface area contributed by atoms with Crippen molar-refractivity contribution >= 4 is 5.97 Å². The highest BCUT2D eigenvalue weighted by Crippen LogP contribution is 2.09. The quantitative estimate of drug-likeness (QED) is 0.216. The van der Waals surface area contributed by atoms with Crippen LogP contribution in [-0.2, 0) is 14.3 Å². The number of esters is 1. The maximum Gasteiger partial charge on any atom is 0.305 e. The first kappa shape index (κ1) is 21.2. The first-order valence-corrected chi connectivity index (χ1v) is 9.10. The molecule has 0 aliphatic carbocycles. The Balaban J connectivity index is 3.16. The Morgan fingerprint density at radius 1 is 0.818 bits per heavy atom. The van der Waals surface area contributed by atoms with Crippen LogP contribution in [0.1, 0.15) is 84.0 Å². The van der Waals surface area contributed by atoms with E-state index in [1.165, 1.54) is 57.8 Å². The highest BCUT2D eigenvalue weighted by atomic mass is 16.6. The van der Waals surface area contributed by atoms with Crippen molar-refractivity contribution in [1.82, 2.24) is 0 Å². The third-order valence-electron chi connectivity index (χ3n) is 3.69. The van der Waals surface area contributed by atoms with Crippen LogP contribution >= 0.6 is 0 Å². The van der Waals surface area contributed by atoms with Gasteiger partial charge in [0, 0.05) is 13.5 Å². The van der Waals surface area contributed by atoms with Crippen molar-refractivity contribution in [2.45, 2.75) is 84.0 Å². The Labute approximate surface area is 137 Å². The fraction of sp³-hybridized carbons (Fsp3) is 0.842. The van der Waals surface area contributed by atoms with E-state index in [9.17, 15) is 4.79 Å². The second-order valence-electron chi connectivity index (χ2n) is 5.84. The molecule has 0 aliphatic rings. The van der Waals surface area contributed by atoms with E-state index < -0.39 is 0 Å². The molecule has 0 aromatic carbocycles. The van der Waals surface area contributed by atoms with Gasteiger partial charge in [-0.2, -0.15) is 0 Å². The molecule has 3 nitrogen and oxygen atoms in total. The maximum atomic E-state index is 11.3. The Morgan fingerprint density at radius 2 is 1.41 bits per heavy atom. The van der Waals surface area contributed by atoms with Crippen LogP contribution in [0.4, 0.5) is 0 Å². The monoisotopic (exact) mass is 312 g/mol. The zero-order valence-electron chi connectivity index (χ0n) is 14.8. The van der Waals surface area contributed by atoms with E-state index >= 15 is 0 Å². The first-order chi connectivity index (χ1) is 10.8. The average Bonchev–Trinajstić information content (AvgIpc) is 2.52. The molecule has 0 aromatic rings. The largest absolute Gasteiger partial charge is 0.463 e. The van der Waals surface area contributed by atoms with Crippen molar-refractivity contribution < 1.29 is 14.3 Å². The van der Waals surface area contributed by atoms with Crippen molar-refractivity contribution in [2.75, 3.05) is 20.3 Å². The predicted octanol–water partition coefficient (Wildman–Crippen LogP) is 5.43. The van der Waals surface area contributed by atoms with Crippen molar-refractivity contribution in [2.24, 2.45) is 0 Å². The predicted molar refractivity (Wildman–Crippen MR) is 93.1 cm³/mol. The Morgan fingerprint density at radius 3 is 2.05 bits per heavy atom. The summed E-state index contributed by atoms with van der Waals surface area (Å²) in [6.45, 7) is 3.11. The molecule has 0 N–H and O–H groups in total. The standard InChI is InChI=1S/C19H36O3/c1-3-4-5-6-7-8-9-10-11-12-13-14-15-16-19(20)22-18-17-21-2/h8-9H,3-7,10-18H2,1-2H3/b9-8+. The summed E-state index contributed by atoms with van der Waals surface area (Å²) in [6.07, 6.45) is 18.9. The highest BCUT2D eigenvalue weighted by molar-refractivity contribution is 5.69. The van der Waals surface area contributed by atoms with Gasteiger partial charge in [0.1, 0.15) is 6.61 Å². The Kier molecular flexibility index (Phi) is 17.5. The number of hydrogen-bond acceptors (Lipinski definition) is 3. The molecule has 0 amide bonds. The molecule has 0 saturated carbocycles. The Hall–Kier alpha value is -0.830. The van der Waals surface area contributed by atoms with E-state index in [1.54, 1.807) is 7.11 Å². The lowest BCUT2D eigenvalue weighted by Gasteiger charge is -2.03. The molecule has 130 valence electrons. The van der Waals surface area contributed by atoms with Gasteiger partial charge < -0.3 is 9.47 Å². The molecule has 0 radical (unpaired) electrons. The molecule has 0 heterocycles.